The van der Waals surface area contributed by atoms with E-state index < -0.39 is 5.60 Å². The smallest absolute Gasteiger partial charge is 0.0741 e. The van der Waals surface area contributed by atoms with Crippen molar-refractivity contribution < 1.29 is 9.84 Å². The Balaban J connectivity index is 2.27. The summed E-state index contributed by atoms with van der Waals surface area (Å²) in [6.45, 7) is 10.5. The van der Waals surface area contributed by atoms with Crippen LogP contribution in [0, 0.1) is 5.92 Å². The molecule has 0 bridgehead atoms. The molecule has 0 radical (unpaired) electrons. The molecule has 2 heteroatoms. The van der Waals surface area contributed by atoms with Gasteiger partial charge in [0.2, 0.25) is 0 Å². The molecule has 1 fully saturated rings. The minimum atomic E-state index is -0.710. The van der Waals surface area contributed by atoms with Gasteiger partial charge in [-0.1, -0.05) is 37.3 Å². The van der Waals surface area contributed by atoms with Crippen LogP contribution in [-0.2, 0) is 11.2 Å². The van der Waals surface area contributed by atoms with Gasteiger partial charge in [0.05, 0.1) is 16.8 Å². The minimum Gasteiger partial charge on any atom is -0.389 e. The van der Waals surface area contributed by atoms with Crippen molar-refractivity contribution in [1.29, 1.82) is 0 Å². The van der Waals surface area contributed by atoms with E-state index in [-0.39, 0.29) is 17.1 Å². The van der Waals surface area contributed by atoms with Crippen LogP contribution < -0.4 is 0 Å². The predicted octanol–water partition coefficient (Wildman–Crippen LogP) is 3.96. The van der Waals surface area contributed by atoms with Crippen LogP contribution in [0.15, 0.2) is 30.3 Å². The van der Waals surface area contributed by atoms with Crippen molar-refractivity contribution in [2.75, 3.05) is 0 Å². The van der Waals surface area contributed by atoms with E-state index >= 15 is 0 Å². The minimum absolute atomic E-state index is 0.148. The fourth-order valence-electron chi connectivity index (χ4n) is 3.84. The van der Waals surface area contributed by atoms with Gasteiger partial charge in [-0.3, -0.25) is 0 Å². The number of aliphatic hydroxyl groups is 1. The van der Waals surface area contributed by atoms with Crippen molar-refractivity contribution in [2.24, 2.45) is 5.92 Å². The summed E-state index contributed by atoms with van der Waals surface area (Å²) in [5.74, 6) is 0.148. The molecule has 1 heterocycles. The zero-order valence-electron chi connectivity index (χ0n) is 13.4. The van der Waals surface area contributed by atoms with Crippen LogP contribution in [0.5, 0.6) is 0 Å². The Morgan fingerprint density at radius 2 is 1.80 bits per heavy atom. The van der Waals surface area contributed by atoms with Gasteiger partial charge in [-0.2, -0.15) is 0 Å². The van der Waals surface area contributed by atoms with Crippen LogP contribution in [0.2, 0.25) is 0 Å². The Morgan fingerprint density at radius 3 is 2.25 bits per heavy atom. The summed E-state index contributed by atoms with van der Waals surface area (Å²) in [6, 6.07) is 10.3. The molecule has 1 aromatic rings. The van der Waals surface area contributed by atoms with Crippen molar-refractivity contribution >= 4 is 0 Å². The number of hydrogen-bond donors (Lipinski definition) is 1. The Bertz CT molecular complexity index is 450. The van der Waals surface area contributed by atoms with E-state index in [9.17, 15) is 5.11 Å². The molecule has 1 aliphatic rings. The van der Waals surface area contributed by atoms with Crippen LogP contribution in [0.4, 0.5) is 0 Å². The first-order valence-corrected chi connectivity index (χ1v) is 7.65. The molecule has 1 N–H and O–H groups in total. The van der Waals surface area contributed by atoms with Gasteiger partial charge in [0.15, 0.2) is 0 Å². The lowest BCUT2D eigenvalue weighted by molar-refractivity contribution is -0.114. The summed E-state index contributed by atoms with van der Waals surface area (Å²) < 4.78 is 6.17. The quantitative estimate of drug-likeness (QED) is 0.902. The molecule has 2 unspecified atom stereocenters. The second-order valence-electron chi connectivity index (χ2n) is 7.34. The van der Waals surface area contributed by atoms with Gasteiger partial charge in [0.1, 0.15) is 0 Å². The number of benzene rings is 1. The Labute approximate surface area is 123 Å². The maximum absolute atomic E-state index is 11.3. The summed E-state index contributed by atoms with van der Waals surface area (Å²) in [5, 5.41) is 11.3. The molecule has 1 aliphatic heterocycles. The van der Waals surface area contributed by atoms with Crippen LogP contribution in [0.25, 0.3) is 0 Å². The van der Waals surface area contributed by atoms with Gasteiger partial charge in [-0.05, 0) is 46.1 Å². The predicted molar refractivity (Wildman–Crippen MR) is 82.7 cm³/mol. The maximum Gasteiger partial charge on any atom is 0.0741 e. The monoisotopic (exact) mass is 276 g/mol. The lowest BCUT2D eigenvalue weighted by atomic mass is 9.71. The van der Waals surface area contributed by atoms with E-state index in [4.69, 9.17) is 4.74 Å². The van der Waals surface area contributed by atoms with Crippen LogP contribution in [0.3, 0.4) is 0 Å². The Kier molecular flexibility index (Phi) is 4.01. The Morgan fingerprint density at radius 1 is 1.20 bits per heavy atom. The van der Waals surface area contributed by atoms with E-state index in [1.807, 2.05) is 18.2 Å². The summed E-state index contributed by atoms with van der Waals surface area (Å²) in [5.41, 5.74) is 0.0349. The average molecular weight is 276 g/mol. The van der Waals surface area contributed by atoms with E-state index in [0.29, 0.717) is 6.42 Å². The third-order valence-electron chi connectivity index (χ3n) is 4.69. The molecule has 0 aromatic heterocycles. The van der Waals surface area contributed by atoms with E-state index in [0.717, 1.165) is 12.8 Å². The van der Waals surface area contributed by atoms with Gasteiger partial charge < -0.3 is 9.84 Å². The Hall–Kier alpha value is -0.860. The highest BCUT2D eigenvalue weighted by Gasteiger charge is 2.54. The van der Waals surface area contributed by atoms with E-state index in [1.54, 1.807) is 0 Å². The molecule has 2 atom stereocenters. The molecule has 2 rings (SSSR count). The summed E-state index contributed by atoms with van der Waals surface area (Å²) in [6.07, 6.45) is 2.34. The molecule has 20 heavy (non-hydrogen) atoms. The molecule has 2 nitrogen and oxygen atoms in total. The number of hydrogen-bond acceptors (Lipinski definition) is 2. The molecular formula is C18H28O2. The number of ether oxygens (including phenoxy) is 1. The van der Waals surface area contributed by atoms with Gasteiger partial charge in [-0.15, -0.1) is 0 Å². The third kappa shape index (κ3) is 3.07. The summed E-state index contributed by atoms with van der Waals surface area (Å²) >= 11 is 0. The van der Waals surface area contributed by atoms with Crippen molar-refractivity contribution in [3.8, 4) is 0 Å². The average Bonchev–Trinajstić information content (AvgIpc) is 2.59. The van der Waals surface area contributed by atoms with Crippen LogP contribution >= 0.6 is 0 Å². The first kappa shape index (κ1) is 15.5. The summed E-state index contributed by atoms with van der Waals surface area (Å²) in [7, 11) is 0. The maximum atomic E-state index is 11.3. The molecular weight excluding hydrogens is 248 g/mol. The molecule has 1 saturated heterocycles. The molecule has 0 amide bonds. The highest BCUT2D eigenvalue weighted by Crippen LogP contribution is 2.48. The van der Waals surface area contributed by atoms with E-state index in [1.165, 1.54) is 5.56 Å². The van der Waals surface area contributed by atoms with Crippen molar-refractivity contribution in [2.45, 2.75) is 70.7 Å². The highest BCUT2D eigenvalue weighted by molar-refractivity contribution is 5.19. The van der Waals surface area contributed by atoms with Gasteiger partial charge in [0.25, 0.3) is 0 Å². The zero-order chi connectivity index (χ0) is 15.0. The molecule has 0 spiro atoms. The first-order chi connectivity index (χ1) is 9.19. The van der Waals surface area contributed by atoms with Gasteiger partial charge in [-0.25, -0.2) is 0 Å². The fourth-order valence-corrected chi connectivity index (χ4v) is 3.84. The molecule has 0 aliphatic carbocycles. The highest BCUT2D eigenvalue weighted by atomic mass is 16.5. The molecule has 112 valence electrons. The topological polar surface area (TPSA) is 29.5 Å². The van der Waals surface area contributed by atoms with Crippen LogP contribution in [0.1, 0.15) is 53.0 Å². The standard InChI is InChI=1S/C18H28O2/c1-6-18(19,12-14-10-8-7-9-11-14)15-13-16(2,3)20-17(15,4)5/h7-11,15,19H,6,12-13H2,1-5H3. The largest absolute Gasteiger partial charge is 0.389 e. The first-order valence-electron chi connectivity index (χ1n) is 7.65. The lowest BCUT2D eigenvalue weighted by Gasteiger charge is -2.40. The normalized spacial score (nSPS) is 27.2. The lowest BCUT2D eigenvalue weighted by Crippen LogP contribution is -2.47. The fraction of sp³-hybridized carbons (Fsp3) is 0.667. The molecule has 1 aromatic carbocycles. The van der Waals surface area contributed by atoms with Gasteiger partial charge in [0, 0.05) is 12.3 Å². The SMILES string of the molecule is CCC(O)(Cc1ccccc1)C1CC(C)(C)OC1(C)C. The third-order valence-corrected chi connectivity index (χ3v) is 4.69. The second kappa shape index (κ2) is 5.16. The molecule has 0 saturated carbocycles. The van der Waals surface area contributed by atoms with E-state index in [2.05, 4.69) is 46.8 Å². The van der Waals surface area contributed by atoms with Gasteiger partial charge >= 0.3 is 0 Å². The van der Waals surface area contributed by atoms with Crippen molar-refractivity contribution in [3.05, 3.63) is 35.9 Å². The van der Waals surface area contributed by atoms with Crippen LogP contribution in [-0.4, -0.2) is 21.9 Å². The number of rotatable bonds is 4. The zero-order valence-corrected chi connectivity index (χ0v) is 13.4. The summed E-state index contributed by atoms with van der Waals surface area (Å²) in [4.78, 5) is 0. The van der Waals surface area contributed by atoms with Crippen molar-refractivity contribution in [3.63, 3.8) is 0 Å². The van der Waals surface area contributed by atoms with Crippen molar-refractivity contribution in [1.82, 2.24) is 0 Å². The second-order valence-corrected chi connectivity index (χ2v) is 7.34.